The fraction of sp³-hybridized carbons (Fsp3) is 0.786. The molecule has 0 N–H and O–H groups in total. The van der Waals surface area contributed by atoms with Gasteiger partial charge in [0.1, 0.15) is 18.5 Å². The van der Waals surface area contributed by atoms with Gasteiger partial charge in [0.25, 0.3) is 0 Å². The Morgan fingerprint density at radius 3 is 2.53 bits per heavy atom. The molecule has 19 heavy (non-hydrogen) atoms. The predicted octanol–water partition coefficient (Wildman–Crippen LogP) is 2.92. The van der Waals surface area contributed by atoms with Crippen molar-refractivity contribution in [1.29, 1.82) is 0 Å². The Morgan fingerprint density at radius 1 is 1.21 bits per heavy atom. The van der Waals surface area contributed by atoms with Crippen molar-refractivity contribution in [2.24, 2.45) is 17.8 Å². The van der Waals surface area contributed by atoms with Crippen molar-refractivity contribution in [2.45, 2.75) is 50.3 Å². The van der Waals surface area contributed by atoms with Crippen molar-refractivity contribution in [3.05, 3.63) is 12.2 Å². The molecule has 0 aromatic rings. The van der Waals surface area contributed by atoms with Crippen molar-refractivity contribution in [3.8, 4) is 0 Å². The van der Waals surface area contributed by atoms with Crippen LogP contribution in [0.4, 0.5) is 13.2 Å². The van der Waals surface area contributed by atoms with Crippen molar-refractivity contribution >= 4 is 5.97 Å². The number of hydrogen-bond donors (Lipinski definition) is 0. The minimum Gasteiger partial charge on any atom is -0.449 e. The van der Waals surface area contributed by atoms with E-state index in [0.717, 1.165) is 0 Å². The third kappa shape index (κ3) is 1.59. The van der Waals surface area contributed by atoms with Crippen LogP contribution in [0.15, 0.2) is 12.2 Å². The third-order valence-corrected chi connectivity index (χ3v) is 4.98. The molecule has 0 spiro atoms. The summed E-state index contributed by atoms with van der Waals surface area (Å²) < 4.78 is 48.1. The molecule has 0 amide bonds. The molecule has 2 nitrogen and oxygen atoms in total. The second kappa shape index (κ2) is 4.00. The monoisotopic (exact) mass is 274 g/mol. The van der Waals surface area contributed by atoms with Crippen LogP contribution in [-0.2, 0) is 9.53 Å². The van der Waals surface area contributed by atoms with Gasteiger partial charge in [-0.3, -0.25) is 0 Å². The lowest BCUT2D eigenvalue weighted by Crippen LogP contribution is -2.70. The number of carbonyl (C=O) groups excluding carboxylic acids is 1. The molecular weight excluding hydrogens is 257 g/mol. The standard InChI is InChI=1S/C14H17F3O2/c1-6(2)13(18)19-14-5-8-3-7(11(14)16)4-9(10(8)15)12(14)17/h7-12H,1,3-5H2,2H3. The molecular formula is C14H17F3O2. The quantitative estimate of drug-likeness (QED) is 0.571. The second-order valence-corrected chi connectivity index (χ2v) is 6.23. The van der Waals surface area contributed by atoms with Crippen molar-refractivity contribution in [1.82, 2.24) is 0 Å². The molecule has 0 saturated heterocycles. The molecule has 0 aromatic heterocycles. The van der Waals surface area contributed by atoms with E-state index in [1.165, 1.54) is 6.92 Å². The molecule has 0 radical (unpaired) electrons. The molecule has 0 aromatic carbocycles. The molecule has 0 aliphatic heterocycles. The first-order chi connectivity index (χ1) is 8.86. The van der Waals surface area contributed by atoms with Gasteiger partial charge >= 0.3 is 5.97 Å². The molecule has 4 saturated carbocycles. The first-order valence-electron chi connectivity index (χ1n) is 6.68. The smallest absolute Gasteiger partial charge is 0.333 e. The van der Waals surface area contributed by atoms with E-state index >= 15 is 0 Å². The highest BCUT2D eigenvalue weighted by atomic mass is 19.2. The fourth-order valence-corrected chi connectivity index (χ4v) is 4.12. The van der Waals surface area contributed by atoms with E-state index in [2.05, 4.69) is 6.58 Å². The van der Waals surface area contributed by atoms with Gasteiger partial charge in [0, 0.05) is 11.5 Å². The van der Waals surface area contributed by atoms with E-state index in [-0.39, 0.29) is 30.3 Å². The maximum absolute atomic E-state index is 14.5. The zero-order valence-electron chi connectivity index (χ0n) is 10.7. The van der Waals surface area contributed by atoms with Gasteiger partial charge in [0.05, 0.1) is 0 Å². The normalized spacial score (nSPS) is 51.2. The maximum atomic E-state index is 14.5. The van der Waals surface area contributed by atoms with Gasteiger partial charge in [-0.05, 0) is 38.0 Å². The van der Waals surface area contributed by atoms with E-state index in [9.17, 15) is 18.0 Å². The number of hydrogen-bond acceptors (Lipinski definition) is 2. The van der Waals surface area contributed by atoms with E-state index in [4.69, 9.17) is 4.74 Å². The lowest BCUT2D eigenvalue weighted by Gasteiger charge is -2.59. The van der Waals surface area contributed by atoms with E-state index in [1.807, 2.05) is 0 Å². The summed E-state index contributed by atoms with van der Waals surface area (Å²) in [6.45, 7) is 4.86. The molecule has 4 fully saturated rings. The summed E-state index contributed by atoms with van der Waals surface area (Å²) in [5, 5.41) is 0. The number of esters is 1. The van der Waals surface area contributed by atoms with Crippen LogP contribution in [0.3, 0.4) is 0 Å². The van der Waals surface area contributed by atoms with Gasteiger partial charge in [0.2, 0.25) is 0 Å². The Balaban J connectivity index is 1.94. The van der Waals surface area contributed by atoms with Crippen molar-refractivity contribution < 1.29 is 22.7 Å². The highest BCUT2D eigenvalue weighted by Crippen LogP contribution is 2.60. The molecule has 7 unspecified atom stereocenters. The summed E-state index contributed by atoms with van der Waals surface area (Å²) in [7, 11) is 0. The Hall–Kier alpha value is -1.00. The number of ether oxygens (including phenoxy) is 1. The van der Waals surface area contributed by atoms with Gasteiger partial charge in [-0.1, -0.05) is 6.58 Å². The van der Waals surface area contributed by atoms with Crippen LogP contribution in [-0.4, -0.2) is 30.1 Å². The number of alkyl halides is 3. The van der Waals surface area contributed by atoms with Crippen molar-refractivity contribution in [3.63, 3.8) is 0 Å². The Morgan fingerprint density at radius 2 is 1.89 bits per heavy atom. The maximum Gasteiger partial charge on any atom is 0.333 e. The van der Waals surface area contributed by atoms with Gasteiger partial charge in [-0.25, -0.2) is 18.0 Å². The molecule has 4 rings (SSSR count). The van der Waals surface area contributed by atoms with Crippen LogP contribution in [0.2, 0.25) is 0 Å². The number of carbonyl (C=O) groups is 1. The SMILES string of the molecule is C=C(C)C(=O)OC12CC3CC(CC(C3F)C1F)C2F. The summed E-state index contributed by atoms with van der Waals surface area (Å²) >= 11 is 0. The van der Waals surface area contributed by atoms with E-state index in [0.29, 0.717) is 6.42 Å². The van der Waals surface area contributed by atoms with Crippen LogP contribution in [0.25, 0.3) is 0 Å². The van der Waals surface area contributed by atoms with Gasteiger partial charge in [-0.15, -0.1) is 0 Å². The Bertz CT molecular complexity index is 438. The molecule has 7 atom stereocenters. The second-order valence-electron chi connectivity index (χ2n) is 6.23. The zero-order valence-corrected chi connectivity index (χ0v) is 10.7. The average molecular weight is 274 g/mol. The largest absolute Gasteiger partial charge is 0.449 e. The molecule has 5 heteroatoms. The van der Waals surface area contributed by atoms with E-state index in [1.54, 1.807) is 0 Å². The summed E-state index contributed by atoms with van der Waals surface area (Å²) in [6, 6.07) is 0. The summed E-state index contributed by atoms with van der Waals surface area (Å²) in [5.74, 6) is -2.40. The number of halogens is 3. The lowest BCUT2D eigenvalue weighted by molar-refractivity contribution is -0.253. The fourth-order valence-electron chi connectivity index (χ4n) is 4.12. The van der Waals surface area contributed by atoms with Crippen LogP contribution >= 0.6 is 0 Å². The predicted molar refractivity (Wildman–Crippen MR) is 62.6 cm³/mol. The Kier molecular flexibility index (Phi) is 2.74. The van der Waals surface area contributed by atoms with Gasteiger partial charge in [0.15, 0.2) is 5.60 Å². The van der Waals surface area contributed by atoms with Crippen LogP contribution < -0.4 is 0 Å². The average Bonchev–Trinajstić information content (AvgIpc) is 2.35. The molecule has 0 heterocycles. The van der Waals surface area contributed by atoms with Crippen LogP contribution in [0.1, 0.15) is 26.2 Å². The molecule has 4 aliphatic rings. The van der Waals surface area contributed by atoms with Crippen LogP contribution in [0, 0.1) is 17.8 Å². The lowest BCUT2D eigenvalue weighted by atomic mass is 9.51. The Labute approximate surface area is 110 Å². The van der Waals surface area contributed by atoms with Gasteiger partial charge in [-0.2, -0.15) is 0 Å². The van der Waals surface area contributed by atoms with Crippen LogP contribution in [0.5, 0.6) is 0 Å². The van der Waals surface area contributed by atoms with Gasteiger partial charge < -0.3 is 4.74 Å². The summed E-state index contributed by atoms with van der Waals surface area (Å²) in [4.78, 5) is 11.7. The molecule has 4 bridgehead atoms. The molecule has 4 aliphatic carbocycles. The third-order valence-electron chi connectivity index (χ3n) is 4.98. The summed E-state index contributed by atoms with van der Waals surface area (Å²) in [6.07, 6.45) is -3.94. The van der Waals surface area contributed by atoms with Crippen molar-refractivity contribution in [2.75, 3.05) is 0 Å². The number of rotatable bonds is 2. The minimum absolute atomic E-state index is 0.0531. The first kappa shape index (κ1) is 13.0. The zero-order chi connectivity index (χ0) is 13.9. The molecule has 106 valence electrons. The highest BCUT2D eigenvalue weighted by Gasteiger charge is 2.69. The highest BCUT2D eigenvalue weighted by molar-refractivity contribution is 5.87. The topological polar surface area (TPSA) is 26.3 Å². The minimum atomic E-state index is -1.78. The first-order valence-corrected chi connectivity index (χ1v) is 6.68. The van der Waals surface area contributed by atoms with E-state index < -0.39 is 36.0 Å². The summed E-state index contributed by atoms with van der Waals surface area (Å²) in [5.41, 5.74) is -1.68.